The first-order valence-corrected chi connectivity index (χ1v) is 10.1. The molecule has 0 spiro atoms. The van der Waals surface area contributed by atoms with E-state index < -0.39 is 0 Å². The van der Waals surface area contributed by atoms with Gasteiger partial charge in [0.1, 0.15) is 0 Å². The van der Waals surface area contributed by atoms with Crippen LogP contribution in [0.4, 0.5) is 0 Å². The van der Waals surface area contributed by atoms with Crippen LogP contribution < -0.4 is 0 Å². The molecular weight excluding hydrogens is 352 g/mol. The molecule has 4 nitrogen and oxygen atoms in total. The lowest BCUT2D eigenvalue weighted by atomic mass is 9.89. The number of thiazole rings is 1. The van der Waals surface area contributed by atoms with Crippen LogP contribution in [0.15, 0.2) is 48.1 Å². The number of aromatic nitrogens is 3. The number of nitriles is 1. The summed E-state index contributed by atoms with van der Waals surface area (Å²) in [5, 5.41) is 11.6. The van der Waals surface area contributed by atoms with E-state index in [0.29, 0.717) is 6.42 Å². The second-order valence-electron chi connectivity index (χ2n) is 6.91. The van der Waals surface area contributed by atoms with Gasteiger partial charge in [-0.25, -0.2) is 4.98 Å². The van der Waals surface area contributed by atoms with Gasteiger partial charge in [-0.1, -0.05) is 12.1 Å². The van der Waals surface area contributed by atoms with Gasteiger partial charge in [-0.3, -0.25) is 9.38 Å². The molecule has 5 heteroatoms. The summed E-state index contributed by atoms with van der Waals surface area (Å²) in [6, 6.07) is 13.0. The highest BCUT2D eigenvalue weighted by atomic mass is 32.1. The topological polar surface area (TPSA) is 54.0 Å². The Kier molecular flexibility index (Phi) is 3.99. The van der Waals surface area contributed by atoms with Crippen molar-refractivity contribution in [3.8, 4) is 28.6 Å². The molecule has 0 bridgehead atoms. The Morgan fingerprint density at radius 2 is 1.85 bits per heavy atom. The lowest BCUT2D eigenvalue weighted by molar-refractivity contribution is 0.686. The lowest BCUT2D eigenvalue weighted by Crippen LogP contribution is -2.03. The number of fused-ring (bicyclic) bond motifs is 2. The molecule has 0 amide bonds. The molecular formula is C22H18N4S. The predicted octanol–water partition coefficient (Wildman–Crippen LogP) is 5.07. The Labute approximate surface area is 161 Å². The Morgan fingerprint density at radius 1 is 1.04 bits per heavy atom. The molecule has 1 aliphatic rings. The molecule has 0 fully saturated rings. The minimum absolute atomic E-state index is 0.336. The fourth-order valence-electron chi connectivity index (χ4n) is 3.99. The molecule has 3 aromatic heterocycles. The molecule has 3 heterocycles. The highest BCUT2D eigenvalue weighted by molar-refractivity contribution is 7.15. The van der Waals surface area contributed by atoms with E-state index in [2.05, 4.69) is 39.0 Å². The minimum atomic E-state index is 0.336. The summed E-state index contributed by atoms with van der Waals surface area (Å²) in [5.41, 5.74) is 8.09. The summed E-state index contributed by atoms with van der Waals surface area (Å²) >= 11 is 1.62. The standard InChI is InChI=1S/C22H18N4S/c23-10-7-19-21(18-6-5-15-3-1-2-4-17(15)13-18)25-22-26(19)20(14-27-22)16-8-11-24-12-9-16/h5-6,8-9,11-14H,1-4,7H2. The SMILES string of the molecule is N#CCc1c(-c2ccc3c(c2)CCCC3)nc2scc(-c3ccncc3)n12. The lowest BCUT2D eigenvalue weighted by Gasteiger charge is -2.16. The summed E-state index contributed by atoms with van der Waals surface area (Å²) in [5.74, 6) is 0. The zero-order valence-electron chi connectivity index (χ0n) is 14.9. The van der Waals surface area contributed by atoms with Gasteiger partial charge in [-0.05, 0) is 55.0 Å². The summed E-state index contributed by atoms with van der Waals surface area (Å²) in [6.07, 6.45) is 8.77. The molecule has 0 aliphatic heterocycles. The molecule has 0 N–H and O–H groups in total. The van der Waals surface area contributed by atoms with Gasteiger partial charge < -0.3 is 0 Å². The van der Waals surface area contributed by atoms with Gasteiger partial charge in [-0.15, -0.1) is 11.3 Å². The number of benzene rings is 1. The quantitative estimate of drug-likeness (QED) is 0.506. The third-order valence-electron chi connectivity index (χ3n) is 5.30. The van der Waals surface area contributed by atoms with Crippen LogP contribution in [0.2, 0.25) is 0 Å². The Hall–Kier alpha value is -2.97. The van der Waals surface area contributed by atoms with Crippen LogP contribution in [-0.2, 0) is 19.3 Å². The average Bonchev–Trinajstić information content (AvgIpc) is 3.29. The molecule has 0 saturated carbocycles. The number of hydrogen-bond acceptors (Lipinski definition) is 4. The molecule has 5 rings (SSSR count). The van der Waals surface area contributed by atoms with Crippen molar-refractivity contribution in [2.45, 2.75) is 32.1 Å². The first-order chi connectivity index (χ1) is 13.3. The zero-order valence-corrected chi connectivity index (χ0v) is 15.7. The largest absolute Gasteiger partial charge is 0.286 e. The molecule has 27 heavy (non-hydrogen) atoms. The Morgan fingerprint density at radius 3 is 2.67 bits per heavy atom. The maximum Gasteiger partial charge on any atom is 0.194 e. The van der Waals surface area contributed by atoms with Crippen molar-refractivity contribution in [1.29, 1.82) is 5.26 Å². The average molecular weight is 370 g/mol. The summed E-state index contributed by atoms with van der Waals surface area (Å²) in [6.45, 7) is 0. The van der Waals surface area contributed by atoms with Crippen molar-refractivity contribution in [3.05, 3.63) is 64.9 Å². The second-order valence-corrected chi connectivity index (χ2v) is 7.74. The van der Waals surface area contributed by atoms with Crippen molar-refractivity contribution >= 4 is 16.3 Å². The number of nitrogens with zero attached hydrogens (tertiary/aromatic N) is 4. The van der Waals surface area contributed by atoms with E-state index in [9.17, 15) is 5.26 Å². The van der Waals surface area contributed by atoms with Crippen molar-refractivity contribution in [2.75, 3.05) is 0 Å². The zero-order chi connectivity index (χ0) is 18.2. The summed E-state index contributed by atoms with van der Waals surface area (Å²) < 4.78 is 2.14. The highest BCUT2D eigenvalue weighted by Crippen LogP contribution is 2.34. The van der Waals surface area contributed by atoms with E-state index in [1.54, 1.807) is 23.7 Å². The molecule has 0 unspecified atom stereocenters. The van der Waals surface area contributed by atoms with E-state index in [1.165, 1.54) is 30.4 Å². The fourth-order valence-corrected chi connectivity index (χ4v) is 4.91. The third kappa shape index (κ3) is 2.73. The predicted molar refractivity (Wildman–Crippen MR) is 108 cm³/mol. The van der Waals surface area contributed by atoms with Crippen LogP contribution in [0.5, 0.6) is 0 Å². The van der Waals surface area contributed by atoms with Crippen molar-refractivity contribution in [1.82, 2.24) is 14.4 Å². The molecule has 0 atom stereocenters. The van der Waals surface area contributed by atoms with E-state index >= 15 is 0 Å². The smallest absolute Gasteiger partial charge is 0.194 e. The molecule has 0 radical (unpaired) electrons. The number of pyridine rings is 1. The van der Waals surface area contributed by atoms with Gasteiger partial charge in [0.15, 0.2) is 4.96 Å². The van der Waals surface area contributed by atoms with Crippen molar-refractivity contribution < 1.29 is 0 Å². The van der Waals surface area contributed by atoms with Crippen LogP contribution in [0.3, 0.4) is 0 Å². The number of hydrogen-bond donors (Lipinski definition) is 0. The highest BCUT2D eigenvalue weighted by Gasteiger charge is 2.20. The molecule has 1 aromatic carbocycles. The normalized spacial score (nSPS) is 13.4. The van der Waals surface area contributed by atoms with E-state index in [4.69, 9.17) is 4.98 Å². The number of aryl methyl sites for hydroxylation is 2. The Balaban J connectivity index is 1.70. The van der Waals surface area contributed by atoms with E-state index in [1.807, 2.05) is 12.1 Å². The summed E-state index contributed by atoms with van der Waals surface area (Å²) in [7, 11) is 0. The minimum Gasteiger partial charge on any atom is -0.286 e. The first-order valence-electron chi connectivity index (χ1n) is 9.23. The van der Waals surface area contributed by atoms with Gasteiger partial charge in [0.2, 0.25) is 0 Å². The monoisotopic (exact) mass is 370 g/mol. The number of imidazole rings is 1. The maximum absolute atomic E-state index is 9.46. The van der Waals surface area contributed by atoms with E-state index in [0.717, 1.165) is 39.6 Å². The molecule has 0 saturated heterocycles. The molecule has 132 valence electrons. The van der Waals surface area contributed by atoms with Crippen LogP contribution in [0.1, 0.15) is 29.7 Å². The van der Waals surface area contributed by atoms with Gasteiger partial charge in [0.05, 0.1) is 29.6 Å². The second kappa shape index (κ2) is 6.64. The van der Waals surface area contributed by atoms with Gasteiger partial charge in [0.25, 0.3) is 0 Å². The summed E-state index contributed by atoms with van der Waals surface area (Å²) in [4.78, 5) is 9.96. The van der Waals surface area contributed by atoms with E-state index in [-0.39, 0.29) is 0 Å². The van der Waals surface area contributed by atoms with Crippen molar-refractivity contribution in [3.63, 3.8) is 0 Å². The van der Waals surface area contributed by atoms with Gasteiger partial charge >= 0.3 is 0 Å². The first kappa shape index (κ1) is 16.2. The van der Waals surface area contributed by atoms with Crippen LogP contribution >= 0.6 is 11.3 Å². The van der Waals surface area contributed by atoms with Crippen molar-refractivity contribution in [2.24, 2.45) is 0 Å². The molecule has 1 aliphatic carbocycles. The number of rotatable bonds is 3. The fraction of sp³-hybridized carbons (Fsp3) is 0.227. The van der Waals surface area contributed by atoms with Crippen LogP contribution in [0.25, 0.3) is 27.5 Å². The van der Waals surface area contributed by atoms with Crippen LogP contribution in [-0.4, -0.2) is 14.4 Å². The van der Waals surface area contributed by atoms with Gasteiger partial charge in [0, 0.05) is 28.9 Å². The van der Waals surface area contributed by atoms with Crippen LogP contribution in [0, 0.1) is 11.3 Å². The third-order valence-corrected chi connectivity index (χ3v) is 6.13. The Bertz CT molecular complexity index is 1160. The molecule has 4 aromatic rings. The maximum atomic E-state index is 9.46. The van der Waals surface area contributed by atoms with Gasteiger partial charge in [-0.2, -0.15) is 5.26 Å².